The highest BCUT2D eigenvalue weighted by molar-refractivity contribution is 7.89. The van der Waals surface area contributed by atoms with Gasteiger partial charge in [-0.1, -0.05) is 17.7 Å². The Hall–Kier alpha value is -2.09. The molecule has 2 aromatic carbocycles. The van der Waals surface area contributed by atoms with Gasteiger partial charge in [0, 0.05) is 11.7 Å². The number of hydrogen-bond acceptors (Lipinski definition) is 4. The minimum atomic E-state index is -3.65. The van der Waals surface area contributed by atoms with Crippen LogP contribution in [-0.2, 0) is 14.8 Å². The summed E-state index contributed by atoms with van der Waals surface area (Å²) in [5, 5.41) is 2.87. The first kappa shape index (κ1) is 21.2. The molecule has 0 aromatic heterocycles. The van der Waals surface area contributed by atoms with Gasteiger partial charge in [-0.25, -0.2) is 13.1 Å². The Kier molecular flexibility index (Phi) is 6.86. The maximum atomic E-state index is 12.2. The van der Waals surface area contributed by atoms with Crippen molar-refractivity contribution in [1.29, 1.82) is 0 Å². The zero-order valence-corrected chi connectivity index (χ0v) is 17.2. The summed E-state index contributed by atoms with van der Waals surface area (Å²) in [6.45, 7) is 7.10. The van der Waals surface area contributed by atoms with E-state index in [0.29, 0.717) is 5.69 Å². The van der Waals surface area contributed by atoms with E-state index >= 15 is 0 Å². The lowest BCUT2D eigenvalue weighted by Crippen LogP contribution is -2.30. The predicted octanol–water partition coefficient (Wildman–Crippen LogP) is 3.66. The van der Waals surface area contributed by atoms with E-state index in [1.165, 1.54) is 18.2 Å². The fourth-order valence-corrected chi connectivity index (χ4v) is 4.11. The maximum absolute atomic E-state index is 12.2. The second-order valence-electron chi connectivity index (χ2n) is 6.58. The van der Waals surface area contributed by atoms with E-state index in [1.54, 1.807) is 13.8 Å². The number of ether oxygens (including phenoxy) is 1. The number of carbonyl (C=O) groups excluding carboxylic acids is 1. The molecular weight excluding hydrogens is 388 g/mol. The average Bonchev–Trinajstić information content (AvgIpc) is 2.51. The van der Waals surface area contributed by atoms with Crippen molar-refractivity contribution in [1.82, 2.24) is 4.72 Å². The molecule has 0 heterocycles. The standard InChI is InChI=1S/C19H23ClN2O4S/c1-12(2)22-27(24,25)16-5-6-18(17(20)10-16)26-11-19(23)21-15-8-13(3)7-14(4)9-15/h5-10,12,22H,11H2,1-4H3,(H,21,23). The molecule has 146 valence electrons. The molecule has 0 saturated carbocycles. The molecule has 0 saturated heterocycles. The Balaban J connectivity index is 2.02. The van der Waals surface area contributed by atoms with Gasteiger partial charge in [0.15, 0.2) is 6.61 Å². The van der Waals surface area contributed by atoms with Gasteiger partial charge in [0.25, 0.3) is 5.91 Å². The fraction of sp³-hybridized carbons (Fsp3) is 0.316. The summed E-state index contributed by atoms with van der Waals surface area (Å²) in [4.78, 5) is 12.1. The van der Waals surface area contributed by atoms with Gasteiger partial charge in [-0.05, 0) is 69.2 Å². The molecule has 0 aliphatic heterocycles. The van der Waals surface area contributed by atoms with Crippen LogP contribution in [0.15, 0.2) is 41.3 Å². The molecule has 0 radical (unpaired) electrons. The SMILES string of the molecule is Cc1cc(C)cc(NC(=O)COc2ccc(S(=O)(=O)NC(C)C)cc2Cl)c1. The number of sulfonamides is 1. The molecule has 0 atom stereocenters. The lowest BCUT2D eigenvalue weighted by molar-refractivity contribution is -0.118. The largest absolute Gasteiger partial charge is 0.482 e. The molecule has 1 amide bonds. The molecule has 27 heavy (non-hydrogen) atoms. The minimum absolute atomic E-state index is 0.0354. The Morgan fingerprint density at radius 3 is 2.30 bits per heavy atom. The van der Waals surface area contributed by atoms with E-state index in [-0.39, 0.29) is 34.2 Å². The Morgan fingerprint density at radius 1 is 1.11 bits per heavy atom. The first-order valence-electron chi connectivity index (χ1n) is 8.39. The van der Waals surface area contributed by atoms with Crippen LogP contribution in [0.3, 0.4) is 0 Å². The molecule has 2 aromatic rings. The molecule has 0 bridgehead atoms. The number of carbonyl (C=O) groups is 1. The average molecular weight is 411 g/mol. The van der Waals surface area contributed by atoms with E-state index < -0.39 is 10.0 Å². The lowest BCUT2D eigenvalue weighted by Gasteiger charge is -2.12. The van der Waals surface area contributed by atoms with E-state index in [9.17, 15) is 13.2 Å². The molecule has 8 heteroatoms. The molecule has 2 N–H and O–H groups in total. The van der Waals surface area contributed by atoms with Crippen molar-refractivity contribution in [2.75, 3.05) is 11.9 Å². The number of benzene rings is 2. The molecule has 0 unspecified atom stereocenters. The summed E-state index contributed by atoms with van der Waals surface area (Å²) in [6.07, 6.45) is 0. The van der Waals surface area contributed by atoms with Crippen molar-refractivity contribution < 1.29 is 17.9 Å². The van der Waals surface area contributed by atoms with E-state index in [1.807, 2.05) is 32.0 Å². The third-order valence-corrected chi connectivity index (χ3v) is 5.42. The highest BCUT2D eigenvalue weighted by Crippen LogP contribution is 2.27. The van der Waals surface area contributed by atoms with Gasteiger partial charge in [0.2, 0.25) is 10.0 Å². The third kappa shape index (κ3) is 6.23. The summed E-state index contributed by atoms with van der Waals surface area (Å²) in [6, 6.07) is 9.60. The summed E-state index contributed by atoms with van der Waals surface area (Å²) < 4.78 is 32.2. The summed E-state index contributed by atoms with van der Waals surface area (Å²) in [7, 11) is -3.65. The van der Waals surface area contributed by atoms with Gasteiger partial charge >= 0.3 is 0 Å². The normalized spacial score (nSPS) is 11.5. The molecule has 0 aliphatic rings. The monoisotopic (exact) mass is 410 g/mol. The Bertz CT molecular complexity index is 922. The second-order valence-corrected chi connectivity index (χ2v) is 8.70. The number of nitrogens with one attached hydrogen (secondary N) is 2. The summed E-state index contributed by atoms with van der Waals surface area (Å²) in [5.41, 5.74) is 2.77. The number of aryl methyl sites for hydroxylation is 2. The maximum Gasteiger partial charge on any atom is 0.262 e. The lowest BCUT2D eigenvalue weighted by atomic mass is 10.1. The van der Waals surface area contributed by atoms with E-state index in [4.69, 9.17) is 16.3 Å². The van der Waals surface area contributed by atoms with Crippen LogP contribution in [-0.4, -0.2) is 27.0 Å². The van der Waals surface area contributed by atoms with Crippen LogP contribution in [0.2, 0.25) is 5.02 Å². The smallest absolute Gasteiger partial charge is 0.262 e. The van der Waals surface area contributed by atoms with Crippen LogP contribution in [0.1, 0.15) is 25.0 Å². The minimum Gasteiger partial charge on any atom is -0.482 e. The van der Waals surface area contributed by atoms with Crippen LogP contribution in [0, 0.1) is 13.8 Å². The molecule has 0 spiro atoms. The molecule has 6 nitrogen and oxygen atoms in total. The van der Waals surface area contributed by atoms with Crippen molar-refractivity contribution in [3.63, 3.8) is 0 Å². The van der Waals surface area contributed by atoms with Crippen LogP contribution in [0.25, 0.3) is 0 Å². The van der Waals surface area contributed by atoms with Gasteiger partial charge in [0.05, 0.1) is 9.92 Å². The highest BCUT2D eigenvalue weighted by Gasteiger charge is 2.17. The molecular formula is C19H23ClN2O4S. The molecule has 2 rings (SSSR count). The van der Waals surface area contributed by atoms with Crippen molar-refractivity contribution >= 4 is 33.2 Å². The number of rotatable bonds is 7. The van der Waals surface area contributed by atoms with Gasteiger partial charge in [-0.3, -0.25) is 4.79 Å². The van der Waals surface area contributed by atoms with Crippen LogP contribution < -0.4 is 14.8 Å². The summed E-state index contributed by atoms with van der Waals surface area (Å²) in [5.74, 6) is -0.107. The van der Waals surface area contributed by atoms with Gasteiger partial charge < -0.3 is 10.1 Å². The molecule has 0 fully saturated rings. The van der Waals surface area contributed by atoms with Crippen LogP contribution >= 0.6 is 11.6 Å². The number of hydrogen-bond donors (Lipinski definition) is 2. The number of halogens is 1. The Morgan fingerprint density at radius 2 is 1.74 bits per heavy atom. The van der Waals surface area contributed by atoms with E-state index in [2.05, 4.69) is 10.0 Å². The van der Waals surface area contributed by atoms with E-state index in [0.717, 1.165) is 11.1 Å². The van der Waals surface area contributed by atoms with Crippen molar-refractivity contribution in [2.24, 2.45) is 0 Å². The van der Waals surface area contributed by atoms with Crippen molar-refractivity contribution in [3.05, 3.63) is 52.5 Å². The number of amides is 1. The fourth-order valence-electron chi connectivity index (χ4n) is 2.53. The van der Waals surface area contributed by atoms with Gasteiger partial charge in [0.1, 0.15) is 5.75 Å². The van der Waals surface area contributed by atoms with Crippen LogP contribution in [0.5, 0.6) is 5.75 Å². The van der Waals surface area contributed by atoms with Crippen LogP contribution in [0.4, 0.5) is 5.69 Å². The summed E-state index contributed by atoms with van der Waals surface area (Å²) >= 11 is 6.11. The topological polar surface area (TPSA) is 84.5 Å². The van der Waals surface area contributed by atoms with Gasteiger partial charge in [-0.2, -0.15) is 0 Å². The highest BCUT2D eigenvalue weighted by atomic mass is 35.5. The molecule has 0 aliphatic carbocycles. The quantitative estimate of drug-likeness (QED) is 0.729. The number of anilines is 1. The second kappa shape index (κ2) is 8.73. The predicted molar refractivity (Wildman–Crippen MR) is 107 cm³/mol. The Labute approximate surface area is 164 Å². The first-order chi connectivity index (χ1) is 12.6. The van der Waals surface area contributed by atoms with Crippen molar-refractivity contribution in [3.8, 4) is 5.75 Å². The zero-order valence-electron chi connectivity index (χ0n) is 15.7. The first-order valence-corrected chi connectivity index (χ1v) is 10.3. The van der Waals surface area contributed by atoms with Gasteiger partial charge in [-0.15, -0.1) is 0 Å². The third-order valence-electron chi connectivity index (χ3n) is 3.47. The van der Waals surface area contributed by atoms with Crippen molar-refractivity contribution in [2.45, 2.75) is 38.6 Å². The zero-order chi connectivity index (χ0) is 20.2.